The van der Waals surface area contributed by atoms with Crippen LogP contribution in [0.25, 0.3) is 16.8 Å². The molecule has 0 unspecified atom stereocenters. The monoisotopic (exact) mass is 1400 g/mol. The van der Waals surface area contributed by atoms with Crippen LogP contribution < -0.4 is 4.74 Å². The number of benzene rings is 10. The van der Waals surface area contributed by atoms with Crippen molar-refractivity contribution < 1.29 is 31.1 Å². The summed E-state index contributed by atoms with van der Waals surface area (Å²) in [4.78, 5) is 1.38. The van der Waals surface area contributed by atoms with Gasteiger partial charge in [0.2, 0.25) is 0 Å². The van der Waals surface area contributed by atoms with Gasteiger partial charge in [0.05, 0.1) is 28.3 Å². The molecule has 1 nitrogen and oxygen atoms in total. The highest BCUT2D eigenvalue weighted by Crippen LogP contribution is 2.36. The Hall–Kier alpha value is -7.66. The van der Waals surface area contributed by atoms with Crippen LogP contribution >= 0.6 is 50.5 Å². The summed E-state index contributed by atoms with van der Waals surface area (Å²) in [5.41, 5.74) is 10.4. The minimum Gasteiger partial charge on any atom is -0.497 e. The fourth-order valence-electron chi connectivity index (χ4n) is 7.65. The number of thiophene rings is 1. The van der Waals surface area contributed by atoms with E-state index in [4.69, 9.17) is 27.9 Å². The molecule has 1 aromatic heterocycles. The van der Waals surface area contributed by atoms with Crippen molar-refractivity contribution in [3.63, 3.8) is 0 Å². The molecule has 0 spiro atoms. The molecule has 0 saturated heterocycles. The number of fused-ring (bicyclic) bond motifs is 1. The number of alkyl halides is 6. The summed E-state index contributed by atoms with van der Waals surface area (Å²) in [6, 6.07) is 80.1. The van der Waals surface area contributed by atoms with Crippen LogP contribution in [0.3, 0.4) is 0 Å². The van der Waals surface area contributed by atoms with Gasteiger partial charge in [-0.25, -0.2) is 0 Å². The highest BCUT2D eigenvalue weighted by Gasteiger charge is 2.36. The molecule has 11 heteroatoms. The molecule has 0 N–H and O–H groups in total. The number of methoxy groups -OCH3 is 1. The van der Waals surface area contributed by atoms with Crippen LogP contribution in [0.2, 0.25) is 10.0 Å². The fourth-order valence-corrected chi connectivity index (χ4v) is 8.80. The van der Waals surface area contributed by atoms with Crippen LogP contribution in [0.1, 0.15) is 111 Å². The van der Waals surface area contributed by atoms with Crippen molar-refractivity contribution in [2.45, 2.75) is 122 Å². The average molecular weight is 1400 g/mol. The quantitative estimate of drug-likeness (QED) is 0.156. The van der Waals surface area contributed by atoms with Crippen molar-refractivity contribution in [1.82, 2.24) is 0 Å². The van der Waals surface area contributed by atoms with E-state index in [0.29, 0.717) is 22.2 Å². The first kappa shape index (κ1) is 84.4. The number of aryl methyl sites for hydroxylation is 11. The van der Waals surface area contributed by atoms with Crippen LogP contribution in [0, 0.1) is 69.2 Å². The second-order valence-electron chi connectivity index (χ2n) is 21.7. The highest BCUT2D eigenvalue weighted by atomic mass is 79.9. The van der Waals surface area contributed by atoms with Gasteiger partial charge in [-0.15, -0.1) is 11.3 Å². The molecule has 94 heavy (non-hydrogen) atoms. The summed E-state index contributed by atoms with van der Waals surface area (Å²) in [6.45, 7) is 24.2. The molecular formula is C83H93BrCl2F6OS. The third-order valence-corrected chi connectivity index (χ3v) is 15.0. The lowest BCUT2D eigenvalue weighted by Gasteiger charge is -2.12. The van der Waals surface area contributed by atoms with Gasteiger partial charge < -0.3 is 4.74 Å². The summed E-state index contributed by atoms with van der Waals surface area (Å²) < 4.78 is 79.1. The predicted molar refractivity (Wildman–Crippen MR) is 402 cm³/mol. The van der Waals surface area contributed by atoms with Crippen molar-refractivity contribution in [1.29, 1.82) is 0 Å². The van der Waals surface area contributed by atoms with Gasteiger partial charge in [0, 0.05) is 9.35 Å². The van der Waals surface area contributed by atoms with Gasteiger partial charge in [-0.3, -0.25) is 0 Å². The lowest BCUT2D eigenvalue weighted by molar-refractivity contribution is -0.143. The molecular weight excluding hydrogens is 1310 g/mol. The van der Waals surface area contributed by atoms with E-state index in [0.717, 1.165) is 15.8 Å². The molecule has 500 valence electrons. The minimum atomic E-state index is -4.76. The van der Waals surface area contributed by atoms with Crippen molar-refractivity contribution in [2.24, 2.45) is 0 Å². The van der Waals surface area contributed by atoms with E-state index in [1.54, 1.807) is 24.5 Å². The molecule has 0 bridgehead atoms. The topological polar surface area (TPSA) is 9.23 Å². The van der Waals surface area contributed by atoms with Gasteiger partial charge in [-0.1, -0.05) is 299 Å². The summed E-state index contributed by atoms with van der Waals surface area (Å²) in [5.74, 6) is 0.917. The summed E-state index contributed by atoms with van der Waals surface area (Å²) in [5, 5.41) is 5.96. The molecule has 0 atom stereocenters. The van der Waals surface area contributed by atoms with Gasteiger partial charge in [0.1, 0.15) is 5.75 Å². The van der Waals surface area contributed by atoms with Crippen LogP contribution in [0.15, 0.2) is 265 Å². The zero-order valence-electron chi connectivity index (χ0n) is 55.7. The molecule has 0 aliphatic rings. The number of hydrogen-bond donors (Lipinski definition) is 0. The normalized spacial score (nSPS) is 10.0. The van der Waals surface area contributed by atoms with Crippen LogP contribution in [-0.4, -0.2) is 7.11 Å². The van der Waals surface area contributed by atoms with E-state index in [1.165, 1.54) is 91.9 Å². The number of allylic oxidation sites excluding steroid dienone is 1. The number of hydrogen-bond acceptors (Lipinski definition) is 2. The fraction of sp³-hybridized carbons (Fsp3) is 0.229. The van der Waals surface area contributed by atoms with Crippen molar-refractivity contribution in [3.05, 3.63) is 352 Å². The van der Waals surface area contributed by atoms with Gasteiger partial charge in [-0.05, 0) is 188 Å². The van der Waals surface area contributed by atoms with Crippen LogP contribution in [0.4, 0.5) is 26.3 Å². The Balaban J connectivity index is 0.000000526. The van der Waals surface area contributed by atoms with Crippen molar-refractivity contribution in [2.75, 3.05) is 7.11 Å². The van der Waals surface area contributed by atoms with E-state index in [2.05, 4.69) is 229 Å². The first-order chi connectivity index (χ1) is 44.1. The maximum Gasteiger partial charge on any atom is 0.416 e. The van der Waals surface area contributed by atoms with Crippen LogP contribution in [0.5, 0.6) is 5.75 Å². The zero-order chi connectivity index (χ0) is 69.2. The number of ether oxygens (including phenoxy) is 1. The third kappa shape index (κ3) is 39.8. The Morgan fingerprint density at radius 1 is 0.426 bits per heavy atom. The second kappa shape index (κ2) is 47.3. The first-order valence-corrected chi connectivity index (χ1v) is 32.8. The Morgan fingerprint density at radius 3 is 1.22 bits per heavy atom. The summed E-state index contributed by atoms with van der Waals surface area (Å²) in [7, 11) is 1.67. The maximum absolute atomic E-state index is 12.2. The first-order valence-electron chi connectivity index (χ1n) is 30.4. The minimum absolute atomic E-state index is 0. The average Bonchev–Trinajstić information content (AvgIpc) is 1.88. The van der Waals surface area contributed by atoms with Crippen LogP contribution in [-0.2, 0) is 18.8 Å². The Morgan fingerprint density at radius 2 is 0.840 bits per heavy atom. The molecule has 0 radical (unpaired) electrons. The molecule has 0 aliphatic carbocycles. The van der Waals surface area contributed by atoms with E-state index in [9.17, 15) is 26.3 Å². The van der Waals surface area contributed by atoms with E-state index in [-0.39, 0.29) is 19.1 Å². The van der Waals surface area contributed by atoms with Gasteiger partial charge in [0.15, 0.2) is 0 Å². The predicted octanol–water partition coefficient (Wildman–Crippen LogP) is 28.3. The SMILES string of the molecule is C.CC=Cc1ccccc1.CCCCc1ccc(C)cc1.COc1ccc(C)cc1.Cc1cc(C(F)(F)F)cc(C(F)(F)F)c1.Cc1ccc(Br)cc1.Cc1ccc(C)cc1.Cc1ccc(Cl)c(Cl)c1.Cc1ccc2ccccc2c1.Cc1ccccc1.Cc1cccs1. The number of unbranched alkanes of at least 4 members (excludes halogenated alkanes) is 1. The van der Waals surface area contributed by atoms with Gasteiger partial charge >= 0.3 is 12.4 Å². The molecule has 11 rings (SSSR count). The standard InChI is InChI=1S/C11H10.C11H16.C9H6F6.C9H10.C8H10O.C8H10.C7H7Br.C7H6Cl2.C7H8.C5H6S.CH4/c1-9-6-7-10-4-2-3-5-11(10)8-9;1-3-4-5-11-8-6-10(2)7-9-11;1-5-2-6(8(10,11)12)4-7(3-5)9(13,14)15;1-2-6-9-7-4-3-5-8-9;1-7-3-5-8(9-2)6-4-7;1-7-3-5-8(2)6-4-7;1-6-2-4-7(8)5-3-6;1-5-2-3-6(8)7(9)4-5;1-7-5-3-2-4-6-7;1-5-3-2-4-6-5;/h2-8H,1H3;6-9H,3-5H2,1-2H3;2-4H,1H3;2-8H,1H3;3-6H,1-2H3;3-6H,1-2H3;2-5H,1H3;2-4H,1H3;2-6H,1H3;2-4H,1H3;1H4. The van der Waals surface area contributed by atoms with Crippen molar-refractivity contribution in [3.8, 4) is 5.75 Å². The van der Waals surface area contributed by atoms with Gasteiger partial charge in [0.25, 0.3) is 0 Å². The third-order valence-electron chi connectivity index (χ3n) is 12.9. The Labute approximate surface area is 581 Å². The molecule has 1 heterocycles. The number of halogens is 9. The molecule has 0 amide bonds. The molecule has 0 fully saturated rings. The lowest BCUT2D eigenvalue weighted by Crippen LogP contribution is -2.11. The number of rotatable bonds is 5. The largest absolute Gasteiger partial charge is 0.497 e. The Bertz CT molecular complexity index is 3620. The molecule has 0 saturated carbocycles. The summed E-state index contributed by atoms with van der Waals surface area (Å²) >= 11 is 16.5. The van der Waals surface area contributed by atoms with Crippen molar-refractivity contribution >= 4 is 67.3 Å². The molecule has 0 aliphatic heterocycles. The second-order valence-corrected chi connectivity index (χ2v) is 24.6. The molecule has 10 aromatic carbocycles. The molecule has 11 aromatic rings. The van der Waals surface area contributed by atoms with E-state index in [1.807, 2.05) is 105 Å². The highest BCUT2D eigenvalue weighted by molar-refractivity contribution is 9.10. The zero-order valence-corrected chi connectivity index (χ0v) is 59.7. The van der Waals surface area contributed by atoms with E-state index >= 15 is 0 Å². The van der Waals surface area contributed by atoms with Gasteiger partial charge in [-0.2, -0.15) is 26.3 Å². The lowest BCUT2D eigenvalue weighted by atomic mass is 10.1. The maximum atomic E-state index is 12.2. The summed E-state index contributed by atoms with van der Waals surface area (Å²) in [6.07, 6.45) is -1.57. The smallest absolute Gasteiger partial charge is 0.416 e. The Kier molecular flexibility index (Phi) is 42.4. The van der Waals surface area contributed by atoms with E-state index < -0.39 is 23.5 Å².